The molecule has 0 saturated carbocycles. The van der Waals surface area contributed by atoms with Crippen molar-refractivity contribution in [3.05, 3.63) is 24.3 Å². The maximum Gasteiger partial charge on any atom is 0.227 e. The average molecular weight is 294 g/mol. The Balaban J connectivity index is 2.85. The van der Waals surface area contributed by atoms with Crippen molar-refractivity contribution in [3.63, 3.8) is 0 Å². The molecule has 0 aliphatic rings. The van der Waals surface area contributed by atoms with Crippen LogP contribution in [0.15, 0.2) is 24.3 Å². The van der Waals surface area contributed by atoms with Crippen molar-refractivity contribution in [3.8, 4) is 5.75 Å². The summed E-state index contributed by atoms with van der Waals surface area (Å²) in [4.78, 5) is 14.3. The number of rotatable bonds is 9. The number of carbonyl (C=O) groups is 1. The molecule has 0 fully saturated rings. The summed E-state index contributed by atoms with van der Waals surface area (Å²) in [5.41, 5.74) is 6.42. The lowest BCUT2D eigenvalue weighted by molar-refractivity contribution is -0.119. The lowest BCUT2D eigenvalue weighted by Gasteiger charge is -2.24. The summed E-state index contributed by atoms with van der Waals surface area (Å²) in [5.74, 6) is 1.01. The molecule has 5 heteroatoms. The molecule has 1 rings (SSSR count). The van der Waals surface area contributed by atoms with Crippen LogP contribution in [0.4, 0.5) is 5.69 Å². The maximum absolute atomic E-state index is 12.5. The van der Waals surface area contributed by atoms with Gasteiger partial charge in [0.15, 0.2) is 0 Å². The van der Waals surface area contributed by atoms with E-state index in [0.717, 1.165) is 17.9 Å². The Labute approximate surface area is 127 Å². The zero-order valence-corrected chi connectivity index (χ0v) is 13.2. The normalized spacial score (nSPS) is 12.0. The highest BCUT2D eigenvalue weighted by Crippen LogP contribution is 2.22. The predicted molar refractivity (Wildman–Crippen MR) is 84.7 cm³/mol. The van der Waals surface area contributed by atoms with E-state index < -0.39 is 0 Å². The van der Waals surface area contributed by atoms with Gasteiger partial charge in [-0.25, -0.2) is 0 Å². The van der Waals surface area contributed by atoms with Crippen LogP contribution in [0.1, 0.15) is 19.8 Å². The van der Waals surface area contributed by atoms with E-state index in [1.807, 2.05) is 31.2 Å². The average Bonchev–Trinajstić information content (AvgIpc) is 2.48. The molecule has 21 heavy (non-hydrogen) atoms. The first-order valence-electron chi connectivity index (χ1n) is 7.25. The Morgan fingerprint density at radius 2 is 2.14 bits per heavy atom. The van der Waals surface area contributed by atoms with Gasteiger partial charge < -0.3 is 20.1 Å². The number of carbonyl (C=O) groups excluding carboxylic acids is 1. The van der Waals surface area contributed by atoms with E-state index in [0.29, 0.717) is 26.1 Å². The molecular formula is C16H26N2O3. The zero-order valence-electron chi connectivity index (χ0n) is 13.2. The summed E-state index contributed by atoms with van der Waals surface area (Å²) >= 11 is 0. The third-order valence-electron chi connectivity index (χ3n) is 3.23. The number of nitrogens with zero attached hydrogens (tertiary/aromatic N) is 1. The third-order valence-corrected chi connectivity index (χ3v) is 3.23. The number of benzene rings is 1. The van der Waals surface area contributed by atoms with Crippen molar-refractivity contribution in [1.29, 1.82) is 0 Å². The minimum atomic E-state index is 0.0845. The molecule has 5 nitrogen and oxygen atoms in total. The summed E-state index contributed by atoms with van der Waals surface area (Å²) in [7, 11) is 3.26. The van der Waals surface area contributed by atoms with Crippen LogP contribution in [-0.4, -0.2) is 39.8 Å². The number of ether oxygens (including phenoxy) is 2. The fourth-order valence-corrected chi connectivity index (χ4v) is 2.18. The van der Waals surface area contributed by atoms with Gasteiger partial charge in [-0.05, 0) is 31.0 Å². The summed E-state index contributed by atoms with van der Waals surface area (Å²) in [5, 5.41) is 0. The van der Waals surface area contributed by atoms with E-state index in [4.69, 9.17) is 15.2 Å². The molecule has 1 unspecified atom stereocenters. The molecule has 0 aliphatic carbocycles. The van der Waals surface area contributed by atoms with Gasteiger partial charge in [-0.1, -0.05) is 13.0 Å². The molecule has 0 saturated heterocycles. The predicted octanol–water partition coefficient (Wildman–Crippen LogP) is 2.05. The van der Waals surface area contributed by atoms with E-state index in [9.17, 15) is 4.79 Å². The molecule has 2 N–H and O–H groups in total. The lowest BCUT2D eigenvalue weighted by Crippen LogP contribution is -2.34. The third kappa shape index (κ3) is 5.73. The summed E-state index contributed by atoms with van der Waals surface area (Å²) < 4.78 is 10.3. The van der Waals surface area contributed by atoms with Crippen LogP contribution >= 0.6 is 0 Å². The first kappa shape index (κ1) is 17.5. The van der Waals surface area contributed by atoms with Crippen LogP contribution in [0.25, 0.3) is 0 Å². The topological polar surface area (TPSA) is 64.8 Å². The van der Waals surface area contributed by atoms with Gasteiger partial charge in [0.25, 0.3) is 0 Å². The fourth-order valence-electron chi connectivity index (χ4n) is 2.18. The smallest absolute Gasteiger partial charge is 0.227 e. The molecule has 0 aliphatic heterocycles. The molecule has 1 atom stereocenters. The molecule has 0 heterocycles. The number of amides is 1. The number of hydrogen-bond donors (Lipinski definition) is 1. The van der Waals surface area contributed by atoms with Crippen molar-refractivity contribution in [2.45, 2.75) is 19.8 Å². The number of methoxy groups -OCH3 is 2. The monoisotopic (exact) mass is 294 g/mol. The molecule has 1 aromatic carbocycles. The van der Waals surface area contributed by atoms with Gasteiger partial charge in [0.2, 0.25) is 5.91 Å². The quantitative estimate of drug-likeness (QED) is 0.757. The number of nitrogens with two attached hydrogens (primary N) is 1. The SMILES string of the molecule is COCC(C)CC(=O)N(CCCN)c1cccc(OC)c1. The van der Waals surface area contributed by atoms with E-state index in [1.54, 1.807) is 19.1 Å². The highest BCUT2D eigenvalue weighted by molar-refractivity contribution is 5.93. The van der Waals surface area contributed by atoms with Crippen molar-refractivity contribution in [2.24, 2.45) is 11.7 Å². The molecule has 118 valence electrons. The number of anilines is 1. The van der Waals surface area contributed by atoms with Crippen molar-refractivity contribution >= 4 is 11.6 Å². The Morgan fingerprint density at radius 1 is 1.38 bits per heavy atom. The Morgan fingerprint density at radius 3 is 2.76 bits per heavy atom. The second kappa shape index (κ2) is 9.37. The van der Waals surface area contributed by atoms with Crippen LogP contribution in [0, 0.1) is 5.92 Å². The van der Waals surface area contributed by atoms with Gasteiger partial charge in [0, 0.05) is 38.4 Å². The summed E-state index contributed by atoms with van der Waals surface area (Å²) in [6.45, 7) is 3.76. The first-order valence-corrected chi connectivity index (χ1v) is 7.25. The minimum absolute atomic E-state index is 0.0845. The van der Waals surface area contributed by atoms with Gasteiger partial charge in [0.1, 0.15) is 5.75 Å². The van der Waals surface area contributed by atoms with Gasteiger partial charge >= 0.3 is 0 Å². The van der Waals surface area contributed by atoms with Gasteiger partial charge in [0.05, 0.1) is 7.11 Å². The molecule has 1 amide bonds. The van der Waals surface area contributed by atoms with E-state index >= 15 is 0 Å². The molecule has 0 aromatic heterocycles. The van der Waals surface area contributed by atoms with Crippen molar-refractivity contribution in [2.75, 3.05) is 38.8 Å². The second-order valence-corrected chi connectivity index (χ2v) is 5.15. The Bertz CT molecular complexity index is 437. The van der Waals surface area contributed by atoms with Crippen LogP contribution in [0.2, 0.25) is 0 Å². The Hall–Kier alpha value is -1.59. The van der Waals surface area contributed by atoms with E-state index in [2.05, 4.69) is 0 Å². The van der Waals surface area contributed by atoms with E-state index in [-0.39, 0.29) is 11.8 Å². The van der Waals surface area contributed by atoms with Crippen LogP contribution in [0.3, 0.4) is 0 Å². The standard InChI is InChI=1S/C16H26N2O3/c1-13(12-20-2)10-16(19)18(9-5-8-17)14-6-4-7-15(11-14)21-3/h4,6-7,11,13H,5,8-10,12,17H2,1-3H3. The highest BCUT2D eigenvalue weighted by atomic mass is 16.5. The number of hydrogen-bond acceptors (Lipinski definition) is 4. The summed E-state index contributed by atoms with van der Waals surface area (Å²) in [6, 6.07) is 7.53. The molecule has 0 bridgehead atoms. The van der Waals surface area contributed by atoms with Gasteiger partial charge in [-0.2, -0.15) is 0 Å². The van der Waals surface area contributed by atoms with Gasteiger partial charge in [-0.3, -0.25) is 4.79 Å². The fraction of sp³-hybridized carbons (Fsp3) is 0.562. The largest absolute Gasteiger partial charge is 0.497 e. The van der Waals surface area contributed by atoms with Crippen LogP contribution < -0.4 is 15.4 Å². The first-order chi connectivity index (χ1) is 10.1. The van der Waals surface area contributed by atoms with Crippen molar-refractivity contribution < 1.29 is 14.3 Å². The van der Waals surface area contributed by atoms with Crippen molar-refractivity contribution in [1.82, 2.24) is 0 Å². The van der Waals surface area contributed by atoms with Crippen LogP contribution in [-0.2, 0) is 9.53 Å². The molecule has 0 spiro atoms. The molecule has 0 radical (unpaired) electrons. The minimum Gasteiger partial charge on any atom is -0.497 e. The maximum atomic E-state index is 12.5. The molecular weight excluding hydrogens is 268 g/mol. The second-order valence-electron chi connectivity index (χ2n) is 5.15. The zero-order chi connectivity index (χ0) is 15.7. The van der Waals surface area contributed by atoms with Gasteiger partial charge in [-0.15, -0.1) is 0 Å². The van der Waals surface area contributed by atoms with E-state index in [1.165, 1.54) is 0 Å². The summed E-state index contributed by atoms with van der Waals surface area (Å²) in [6.07, 6.45) is 1.22. The Kier molecular flexibility index (Phi) is 7.79. The lowest BCUT2D eigenvalue weighted by atomic mass is 10.1. The van der Waals surface area contributed by atoms with Crippen LogP contribution in [0.5, 0.6) is 5.75 Å². The molecule has 1 aromatic rings. The highest BCUT2D eigenvalue weighted by Gasteiger charge is 2.18.